The predicted octanol–water partition coefficient (Wildman–Crippen LogP) is 5.35. The molecular formula is C26H28F6N4O5. The van der Waals surface area contributed by atoms with E-state index in [2.05, 4.69) is 62.9 Å². The molecule has 1 unspecified atom stereocenters. The Kier molecular flexibility index (Phi) is 11.6. The van der Waals surface area contributed by atoms with Gasteiger partial charge in [-0.2, -0.15) is 31.4 Å². The summed E-state index contributed by atoms with van der Waals surface area (Å²) in [7, 11) is 1.72. The fourth-order valence-corrected chi connectivity index (χ4v) is 3.75. The van der Waals surface area contributed by atoms with Crippen LogP contribution in [0, 0.1) is 6.92 Å². The molecule has 2 aromatic carbocycles. The van der Waals surface area contributed by atoms with E-state index in [1.807, 2.05) is 19.2 Å². The Morgan fingerprint density at radius 2 is 1.63 bits per heavy atom. The Bertz CT molecular complexity index is 1250. The summed E-state index contributed by atoms with van der Waals surface area (Å²) in [4.78, 5) is 20.3. The van der Waals surface area contributed by atoms with Gasteiger partial charge in [-0.25, -0.2) is 9.59 Å². The highest BCUT2D eigenvalue weighted by Crippen LogP contribution is 2.25. The van der Waals surface area contributed by atoms with Crippen LogP contribution in [0.25, 0.3) is 11.1 Å². The lowest BCUT2D eigenvalue weighted by molar-refractivity contribution is -0.193. The monoisotopic (exact) mass is 590 g/mol. The Balaban J connectivity index is 0.000000349. The number of hydrogen-bond donors (Lipinski definition) is 4. The van der Waals surface area contributed by atoms with Crippen molar-refractivity contribution in [1.29, 1.82) is 0 Å². The third-order valence-electron chi connectivity index (χ3n) is 5.69. The normalized spacial score (nSPS) is 15.2. The van der Waals surface area contributed by atoms with E-state index in [0.29, 0.717) is 6.04 Å². The maximum absolute atomic E-state index is 10.6. The molecule has 1 aromatic heterocycles. The number of methoxy groups -OCH3 is 1. The minimum atomic E-state index is -5.08. The van der Waals surface area contributed by atoms with Gasteiger partial charge in [0.05, 0.1) is 13.3 Å². The molecule has 4 rings (SSSR count). The minimum absolute atomic E-state index is 0.483. The molecule has 224 valence electrons. The van der Waals surface area contributed by atoms with Crippen molar-refractivity contribution in [3.05, 3.63) is 66.0 Å². The molecule has 1 aliphatic heterocycles. The first kappa shape index (κ1) is 32.9. The molecule has 9 nitrogen and oxygen atoms in total. The maximum atomic E-state index is 10.6. The van der Waals surface area contributed by atoms with Crippen molar-refractivity contribution in [2.75, 3.05) is 25.5 Å². The molecule has 0 bridgehead atoms. The number of aromatic amines is 1. The third-order valence-corrected chi connectivity index (χ3v) is 5.69. The number of halogens is 6. The first-order chi connectivity index (χ1) is 19.1. The van der Waals surface area contributed by atoms with Crippen LogP contribution in [0.1, 0.15) is 17.7 Å². The number of rotatable bonds is 6. The summed E-state index contributed by atoms with van der Waals surface area (Å²) in [5.74, 6) is -4.59. The number of H-pyrrole nitrogens is 1. The fraction of sp³-hybridized carbons (Fsp3) is 0.346. The number of aryl methyl sites for hydroxylation is 1. The number of benzene rings is 2. The number of likely N-dealkylation sites (tertiary alicyclic amines) is 1. The number of carboxylic acid groups (broad SMARTS) is 2. The second kappa shape index (κ2) is 14.4. The van der Waals surface area contributed by atoms with Crippen LogP contribution < -0.4 is 10.1 Å². The predicted molar refractivity (Wildman–Crippen MR) is 136 cm³/mol. The number of ether oxygens (including phenoxy) is 1. The van der Waals surface area contributed by atoms with Gasteiger partial charge in [0.15, 0.2) is 0 Å². The molecule has 1 saturated heterocycles. The lowest BCUT2D eigenvalue weighted by atomic mass is 10.1. The third kappa shape index (κ3) is 11.0. The zero-order valence-electron chi connectivity index (χ0n) is 21.9. The van der Waals surface area contributed by atoms with Gasteiger partial charge in [-0.15, -0.1) is 0 Å². The number of nitrogens with zero attached hydrogens (tertiary/aromatic N) is 2. The molecule has 41 heavy (non-hydrogen) atoms. The summed E-state index contributed by atoms with van der Waals surface area (Å²) in [6, 6.07) is 17.5. The summed E-state index contributed by atoms with van der Waals surface area (Å²) in [6.45, 7) is 5.18. The van der Waals surface area contributed by atoms with Gasteiger partial charge in [0, 0.05) is 42.6 Å². The van der Waals surface area contributed by atoms with Gasteiger partial charge in [-0.05, 0) is 48.7 Å². The molecule has 1 aliphatic rings. The molecule has 0 spiro atoms. The van der Waals surface area contributed by atoms with Crippen molar-refractivity contribution in [2.45, 2.75) is 38.3 Å². The quantitative estimate of drug-likeness (QED) is 0.283. The van der Waals surface area contributed by atoms with Gasteiger partial charge >= 0.3 is 24.3 Å². The molecule has 1 fully saturated rings. The first-order valence-corrected chi connectivity index (χ1v) is 11.9. The Morgan fingerprint density at radius 3 is 2.12 bits per heavy atom. The summed E-state index contributed by atoms with van der Waals surface area (Å²) in [5.41, 5.74) is 5.92. The Labute approximate surface area is 230 Å². The number of aromatic nitrogens is 2. The molecule has 4 N–H and O–H groups in total. The van der Waals surface area contributed by atoms with Gasteiger partial charge in [-0.3, -0.25) is 10.00 Å². The molecule has 3 aromatic rings. The van der Waals surface area contributed by atoms with Crippen LogP contribution in [0.15, 0.2) is 54.7 Å². The number of alkyl halides is 6. The summed E-state index contributed by atoms with van der Waals surface area (Å²) in [6.07, 6.45) is -7.13. The van der Waals surface area contributed by atoms with Gasteiger partial charge < -0.3 is 20.3 Å². The molecule has 15 heteroatoms. The highest BCUT2D eigenvalue weighted by molar-refractivity contribution is 5.73. The topological polar surface area (TPSA) is 128 Å². The van der Waals surface area contributed by atoms with E-state index in [0.717, 1.165) is 43.1 Å². The summed E-state index contributed by atoms with van der Waals surface area (Å²) < 4.78 is 68.8. The molecule has 0 saturated carbocycles. The van der Waals surface area contributed by atoms with Crippen LogP contribution in [0.3, 0.4) is 0 Å². The number of hydrogen-bond acceptors (Lipinski definition) is 6. The molecule has 2 heterocycles. The van der Waals surface area contributed by atoms with Gasteiger partial charge in [0.25, 0.3) is 0 Å². The average molecular weight is 591 g/mol. The van der Waals surface area contributed by atoms with Crippen LogP contribution >= 0.6 is 0 Å². The Hall–Kier alpha value is -4.27. The van der Waals surface area contributed by atoms with Crippen molar-refractivity contribution < 1.29 is 50.9 Å². The number of nitrogens with one attached hydrogen (secondary N) is 2. The molecular weight excluding hydrogens is 562 g/mol. The summed E-state index contributed by atoms with van der Waals surface area (Å²) in [5, 5.41) is 25.0. The van der Waals surface area contributed by atoms with E-state index in [1.165, 1.54) is 16.8 Å². The van der Waals surface area contributed by atoms with E-state index in [-0.39, 0.29) is 0 Å². The zero-order chi connectivity index (χ0) is 30.8. The average Bonchev–Trinajstić information content (AvgIpc) is 3.52. The number of carbonyl (C=O) groups is 2. The number of anilines is 1. The fourth-order valence-electron chi connectivity index (χ4n) is 3.75. The van der Waals surface area contributed by atoms with Crippen LogP contribution in [-0.2, 0) is 16.1 Å². The second-order valence-corrected chi connectivity index (χ2v) is 8.81. The molecule has 1 atom stereocenters. The zero-order valence-corrected chi connectivity index (χ0v) is 21.9. The van der Waals surface area contributed by atoms with Gasteiger partial charge in [0.2, 0.25) is 0 Å². The second-order valence-electron chi connectivity index (χ2n) is 8.81. The molecule has 0 amide bonds. The Morgan fingerprint density at radius 1 is 1.05 bits per heavy atom. The van der Waals surface area contributed by atoms with Crippen molar-refractivity contribution in [3.63, 3.8) is 0 Å². The van der Waals surface area contributed by atoms with Gasteiger partial charge in [-0.1, -0.05) is 24.3 Å². The van der Waals surface area contributed by atoms with Crippen molar-refractivity contribution >= 4 is 17.6 Å². The maximum Gasteiger partial charge on any atom is 0.490 e. The minimum Gasteiger partial charge on any atom is -0.497 e. The molecule has 0 radical (unpaired) electrons. The van der Waals surface area contributed by atoms with Crippen LogP contribution in [0.4, 0.5) is 32.0 Å². The number of carboxylic acids is 2. The van der Waals surface area contributed by atoms with E-state index < -0.39 is 24.3 Å². The van der Waals surface area contributed by atoms with E-state index in [9.17, 15) is 26.3 Å². The standard InChI is InChI=1S/C22H26N4O.2C2HF3O2/c1-16-22(13-23-25-16)18-6-8-19(9-7-18)24-20-10-11-26(15-20)14-17-4-3-5-21(12-17)27-2;2*3-2(4,5)1(6)7/h3-9,12-13,20,24H,10-11,14-15H2,1-2H3,(H,23,25);2*(H,6,7). The van der Waals surface area contributed by atoms with Gasteiger partial charge in [0.1, 0.15) is 5.75 Å². The van der Waals surface area contributed by atoms with E-state index in [4.69, 9.17) is 24.5 Å². The van der Waals surface area contributed by atoms with Crippen LogP contribution in [-0.4, -0.2) is 75.8 Å². The SMILES string of the molecule is COc1cccc(CN2CCC(Nc3ccc(-c4cn[nH]c4C)cc3)C2)c1.O=C(O)C(F)(F)F.O=C(O)C(F)(F)F. The van der Waals surface area contributed by atoms with E-state index in [1.54, 1.807) is 7.11 Å². The van der Waals surface area contributed by atoms with Crippen LogP contribution in [0.2, 0.25) is 0 Å². The highest BCUT2D eigenvalue weighted by atomic mass is 19.4. The lowest BCUT2D eigenvalue weighted by Crippen LogP contribution is -2.25. The molecule has 0 aliphatic carbocycles. The largest absolute Gasteiger partial charge is 0.497 e. The van der Waals surface area contributed by atoms with Crippen molar-refractivity contribution in [3.8, 4) is 16.9 Å². The number of aliphatic carboxylic acids is 2. The lowest BCUT2D eigenvalue weighted by Gasteiger charge is -2.18. The highest BCUT2D eigenvalue weighted by Gasteiger charge is 2.38. The first-order valence-electron chi connectivity index (χ1n) is 11.9. The van der Waals surface area contributed by atoms with E-state index >= 15 is 0 Å². The van der Waals surface area contributed by atoms with Crippen molar-refractivity contribution in [1.82, 2.24) is 15.1 Å². The van der Waals surface area contributed by atoms with Crippen molar-refractivity contribution in [2.24, 2.45) is 0 Å². The van der Waals surface area contributed by atoms with Crippen LogP contribution in [0.5, 0.6) is 5.75 Å². The smallest absolute Gasteiger partial charge is 0.490 e. The summed E-state index contributed by atoms with van der Waals surface area (Å²) >= 11 is 0.